The number of carbonyl (C=O) groups is 2. The van der Waals surface area contributed by atoms with Crippen molar-refractivity contribution in [3.05, 3.63) is 100 Å². The van der Waals surface area contributed by atoms with Gasteiger partial charge >= 0.3 is 11.6 Å². The van der Waals surface area contributed by atoms with E-state index in [2.05, 4.69) is 5.32 Å². The Bertz CT molecular complexity index is 1360. The van der Waals surface area contributed by atoms with E-state index in [0.717, 1.165) is 18.2 Å². The third-order valence-corrected chi connectivity index (χ3v) is 5.19. The summed E-state index contributed by atoms with van der Waals surface area (Å²) in [6.07, 6.45) is 1.77. The van der Waals surface area contributed by atoms with Gasteiger partial charge in [0.05, 0.1) is 17.7 Å². The van der Waals surface area contributed by atoms with Gasteiger partial charge in [-0.1, -0.05) is 43.7 Å². The van der Waals surface area contributed by atoms with Crippen molar-refractivity contribution >= 4 is 28.5 Å². The second-order valence-corrected chi connectivity index (χ2v) is 7.59. The van der Waals surface area contributed by atoms with Crippen LogP contribution >= 0.6 is 0 Å². The first-order valence-corrected chi connectivity index (χ1v) is 10.8. The van der Waals surface area contributed by atoms with Gasteiger partial charge in [-0.25, -0.2) is 9.59 Å². The van der Waals surface area contributed by atoms with Crippen LogP contribution in [0.5, 0.6) is 0 Å². The summed E-state index contributed by atoms with van der Waals surface area (Å²) in [6.45, 7) is 2.41. The topological polar surface area (TPSA) is 85.6 Å². The molecule has 6 nitrogen and oxygen atoms in total. The van der Waals surface area contributed by atoms with Crippen molar-refractivity contribution in [1.29, 1.82) is 0 Å². The fourth-order valence-electron chi connectivity index (χ4n) is 3.38. The summed E-state index contributed by atoms with van der Waals surface area (Å²) in [5, 5.41) is 3.61. The van der Waals surface area contributed by atoms with Crippen LogP contribution in [-0.2, 0) is 4.74 Å². The van der Waals surface area contributed by atoms with Gasteiger partial charge in [0.15, 0.2) is 0 Å². The summed E-state index contributed by atoms with van der Waals surface area (Å²) < 4.78 is 10.6. The molecule has 1 amide bonds. The monoisotopic (exact) mass is 441 g/mol. The van der Waals surface area contributed by atoms with E-state index in [9.17, 15) is 14.4 Å². The van der Waals surface area contributed by atoms with Crippen molar-refractivity contribution in [2.24, 2.45) is 0 Å². The van der Waals surface area contributed by atoms with Crippen LogP contribution in [0.4, 0.5) is 5.69 Å². The molecule has 0 fully saturated rings. The lowest BCUT2D eigenvalue weighted by Gasteiger charge is -2.08. The van der Waals surface area contributed by atoms with Crippen LogP contribution in [0, 0.1) is 0 Å². The number of esters is 1. The minimum absolute atomic E-state index is 0.333. The zero-order valence-electron chi connectivity index (χ0n) is 18.2. The highest BCUT2D eigenvalue weighted by molar-refractivity contribution is 6.05. The smallest absolute Gasteiger partial charge is 0.344 e. The molecule has 0 aliphatic heterocycles. The number of nitrogens with one attached hydrogen (secondary N) is 1. The van der Waals surface area contributed by atoms with Crippen molar-refractivity contribution in [3.8, 4) is 11.1 Å². The van der Waals surface area contributed by atoms with Gasteiger partial charge in [-0.3, -0.25) is 4.79 Å². The Labute approximate surface area is 190 Å². The highest BCUT2D eigenvalue weighted by Gasteiger charge is 2.12. The van der Waals surface area contributed by atoms with Crippen LogP contribution in [0.2, 0.25) is 0 Å². The number of rotatable bonds is 7. The van der Waals surface area contributed by atoms with E-state index in [-0.39, 0.29) is 11.9 Å². The Morgan fingerprint density at radius 1 is 0.909 bits per heavy atom. The molecular formula is C27H23NO5. The van der Waals surface area contributed by atoms with E-state index < -0.39 is 5.63 Å². The minimum atomic E-state index is -0.465. The summed E-state index contributed by atoms with van der Waals surface area (Å²) >= 11 is 0. The zero-order valence-corrected chi connectivity index (χ0v) is 18.2. The number of para-hydroxylation sites is 1. The standard InChI is InChI=1S/C27H23NO5/c1-2-3-15-32-26(30)18-11-13-22(14-12-18)28-25(29)21-9-6-8-19(16-21)23-17-20-7-4-5-10-24(20)33-27(23)31/h4-14,16-17H,2-3,15H2,1H3,(H,28,29). The lowest BCUT2D eigenvalue weighted by molar-refractivity contribution is 0.0499. The molecule has 166 valence electrons. The number of anilines is 1. The zero-order chi connectivity index (χ0) is 23.2. The van der Waals surface area contributed by atoms with Crippen LogP contribution in [0.1, 0.15) is 40.5 Å². The number of amides is 1. The number of unbranched alkanes of at least 4 members (excludes halogenated alkanes) is 1. The van der Waals surface area contributed by atoms with Crippen molar-refractivity contribution in [1.82, 2.24) is 0 Å². The molecule has 33 heavy (non-hydrogen) atoms. The maximum Gasteiger partial charge on any atom is 0.344 e. The molecule has 3 aromatic carbocycles. The van der Waals surface area contributed by atoms with Crippen molar-refractivity contribution in [2.75, 3.05) is 11.9 Å². The van der Waals surface area contributed by atoms with E-state index in [1.807, 2.05) is 19.1 Å². The van der Waals surface area contributed by atoms with E-state index in [1.165, 1.54) is 0 Å². The minimum Gasteiger partial charge on any atom is -0.462 e. The number of benzene rings is 3. The average molecular weight is 441 g/mol. The highest BCUT2D eigenvalue weighted by atomic mass is 16.5. The molecule has 1 N–H and O–H groups in total. The molecule has 4 rings (SSSR count). The number of carbonyl (C=O) groups excluding carboxylic acids is 2. The van der Waals surface area contributed by atoms with Crippen molar-refractivity contribution in [2.45, 2.75) is 19.8 Å². The first-order valence-electron chi connectivity index (χ1n) is 10.8. The quantitative estimate of drug-likeness (QED) is 0.227. The van der Waals surface area contributed by atoms with E-state index >= 15 is 0 Å². The maximum atomic E-state index is 12.8. The SMILES string of the molecule is CCCCOC(=O)c1ccc(NC(=O)c2cccc(-c3cc4ccccc4oc3=O)c2)cc1. The van der Waals surface area contributed by atoms with Gasteiger partial charge in [0, 0.05) is 16.6 Å². The molecule has 0 spiro atoms. The molecule has 0 bridgehead atoms. The first-order chi connectivity index (χ1) is 16.0. The molecule has 1 heterocycles. The van der Waals surface area contributed by atoms with Gasteiger partial charge in [0.2, 0.25) is 0 Å². The summed E-state index contributed by atoms with van der Waals surface area (Å²) in [5.41, 5.74) is 2.38. The second kappa shape index (κ2) is 9.96. The van der Waals surface area contributed by atoms with Gasteiger partial charge in [0.25, 0.3) is 5.91 Å². The Balaban J connectivity index is 1.50. The Morgan fingerprint density at radius 3 is 2.48 bits per heavy atom. The molecule has 4 aromatic rings. The molecule has 0 aliphatic carbocycles. The molecule has 6 heteroatoms. The van der Waals surface area contributed by atoms with E-state index in [0.29, 0.717) is 40.1 Å². The van der Waals surface area contributed by atoms with Gasteiger partial charge < -0.3 is 14.5 Å². The number of hydrogen-bond donors (Lipinski definition) is 1. The van der Waals surface area contributed by atoms with Crippen molar-refractivity contribution in [3.63, 3.8) is 0 Å². The third kappa shape index (κ3) is 5.18. The van der Waals surface area contributed by atoms with Gasteiger partial charge in [-0.05, 0) is 60.5 Å². The number of fused-ring (bicyclic) bond motifs is 1. The predicted molar refractivity (Wildman–Crippen MR) is 128 cm³/mol. The van der Waals surface area contributed by atoms with Crippen molar-refractivity contribution < 1.29 is 18.7 Å². The molecular weight excluding hydrogens is 418 g/mol. The largest absolute Gasteiger partial charge is 0.462 e. The molecule has 0 aliphatic rings. The van der Waals surface area contributed by atoms with Gasteiger partial charge in [0.1, 0.15) is 5.58 Å². The Kier molecular flexibility index (Phi) is 6.64. The predicted octanol–water partition coefficient (Wildman–Crippen LogP) is 5.67. The highest BCUT2D eigenvalue weighted by Crippen LogP contribution is 2.22. The number of ether oxygens (including phenoxy) is 1. The molecule has 0 saturated heterocycles. The summed E-state index contributed by atoms with van der Waals surface area (Å²) in [7, 11) is 0. The lowest BCUT2D eigenvalue weighted by atomic mass is 10.0. The number of hydrogen-bond acceptors (Lipinski definition) is 5. The first kappa shape index (κ1) is 22.0. The molecule has 0 atom stereocenters. The van der Waals surface area contributed by atoms with Crippen LogP contribution in [0.15, 0.2) is 88.1 Å². The third-order valence-electron chi connectivity index (χ3n) is 5.19. The Hall–Kier alpha value is -4.19. The summed E-state index contributed by atoms with van der Waals surface area (Å²) in [6, 6.07) is 22.3. The summed E-state index contributed by atoms with van der Waals surface area (Å²) in [5.74, 6) is -0.719. The van der Waals surface area contributed by atoms with Crippen LogP contribution in [0.25, 0.3) is 22.1 Å². The van der Waals surface area contributed by atoms with Crippen LogP contribution < -0.4 is 10.9 Å². The van der Waals surface area contributed by atoms with E-state index in [4.69, 9.17) is 9.15 Å². The van der Waals surface area contributed by atoms with E-state index in [1.54, 1.807) is 66.7 Å². The molecule has 0 radical (unpaired) electrons. The van der Waals surface area contributed by atoms with Crippen LogP contribution in [0.3, 0.4) is 0 Å². The van der Waals surface area contributed by atoms with Crippen LogP contribution in [-0.4, -0.2) is 18.5 Å². The fraction of sp³-hybridized carbons (Fsp3) is 0.148. The Morgan fingerprint density at radius 2 is 1.70 bits per heavy atom. The normalized spacial score (nSPS) is 10.7. The van der Waals surface area contributed by atoms with Gasteiger partial charge in [-0.2, -0.15) is 0 Å². The molecule has 0 saturated carbocycles. The molecule has 0 unspecified atom stereocenters. The average Bonchev–Trinajstić information content (AvgIpc) is 2.84. The second-order valence-electron chi connectivity index (χ2n) is 7.59. The summed E-state index contributed by atoms with van der Waals surface area (Å²) in [4.78, 5) is 37.3. The maximum absolute atomic E-state index is 12.8. The van der Waals surface area contributed by atoms with Gasteiger partial charge in [-0.15, -0.1) is 0 Å². The lowest BCUT2D eigenvalue weighted by Crippen LogP contribution is -2.13. The molecule has 1 aromatic heterocycles. The fourth-order valence-corrected chi connectivity index (χ4v) is 3.38.